The molecule has 0 radical (unpaired) electrons. The van der Waals surface area contributed by atoms with E-state index in [-0.39, 0.29) is 5.41 Å². The van der Waals surface area contributed by atoms with Gasteiger partial charge in [0.25, 0.3) is 0 Å². The van der Waals surface area contributed by atoms with Gasteiger partial charge in [-0.05, 0) is 31.0 Å². The van der Waals surface area contributed by atoms with Gasteiger partial charge in [0.15, 0.2) is 6.20 Å². The van der Waals surface area contributed by atoms with Gasteiger partial charge in [-0.3, -0.25) is 0 Å². The van der Waals surface area contributed by atoms with Crippen molar-refractivity contribution in [1.82, 2.24) is 0 Å². The second-order valence-electron chi connectivity index (χ2n) is 6.43. The molecule has 1 nitrogen and oxygen atoms in total. The molecule has 102 valence electrons. The summed E-state index contributed by atoms with van der Waals surface area (Å²) in [5, 5.41) is 0. The number of nitrogens with zero attached hydrogens (tertiary/aromatic N) is 1. The molecule has 2 aromatic rings. The van der Waals surface area contributed by atoms with E-state index in [0.29, 0.717) is 0 Å². The van der Waals surface area contributed by atoms with Crippen molar-refractivity contribution in [2.24, 2.45) is 7.05 Å². The van der Waals surface area contributed by atoms with Crippen LogP contribution in [0.1, 0.15) is 36.1 Å². The summed E-state index contributed by atoms with van der Waals surface area (Å²) in [5.74, 6) is 0. The molecule has 1 aliphatic carbocycles. The second kappa shape index (κ2) is 4.31. The van der Waals surface area contributed by atoms with E-state index >= 15 is 0 Å². The van der Waals surface area contributed by atoms with Gasteiger partial charge in [-0.15, -0.1) is 0 Å². The van der Waals surface area contributed by atoms with Crippen LogP contribution >= 0.6 is 0 Å². The molecule has 0 unspecified atom stereocenters. The molecule has 0 bridgehead atoms. The van der Waals surface area contributed by atoms with Crippen LogP contribution in [0.4, 0.5) is 0 Å². The Hall–Kier alpha value is -1.89. The van der Waals surface area contributed by atoms with Gasteiger partial charge in [0, 0.05) is 22.1 Å². The van der Waals surface area contributed by atoms with E-state index in [2.05, 4.69) is 81.9 Å². The summed E-state index contributed by atoms with van der Waals surface area (Å²) in [6.45, 7) is 9.00. The average molecular weight is 264 g/mol. The Morgan fingerprint density at radius 1 is 1.00 bits per heavy atom. The highest BCUT2D eigenvalue weighted by Crippen LogP contribution is 2.41. The SMILES string of the molecule is Cc1ccccc1-c1c2c(c(C)c[n+]1C)C=CC2(C)C. The minimum Gasteiger partial charge on any atom is -0.200 e. The van der Waals surface area contributed by atoms with E-state index in [4.69, 9.17) is 0 Å². The monoisotopic (exact) mass is 264 g/mol. The second-order valence-corrected chi connectivity index (χ2v) is 6.43. The summed E-state index contributed by atoms with van der Waals surface area (Å²) in [5.41, 5.74) is 8.30. The fourth-order valence-corrected chi connectivity index (χ4v) is 3.33. The number of hydrogen-bond donors (Lipinski definition) is 0. The largest absolute Gasteiger partial charge is 0.217 e. The maximum absolute atomic E-state index is 2.33. The lowest BCUT2D eigenvalue weighted by molar-refractivity contribution is -0.661. The number of hydrogen-bond acceptors (Lipinski definition) is 0. The molecule has 1 aromatic heterocycles. The molecule has 1 heterocycles. The minimum atomic E-state index is 0.0940. The van der Waals surface area contributed by atoms with E-state index < -0.39 is 0 Å². The molecule has 1 heteroatoms. The number of pyridine rings is 1. The van der Waals surface area contributed by atoms with Gasteiger partial charge in [-0.2, -0.15) is 0 Å². The summed E-state index contributed by atoms with van der Waals surface area (Å²) < 4.78 is 2.28. The highest BCUT2D eigenvalue weighted by Gasteiger charge is 2.35. The Balaban J connectivity index is 2.40. The van der Waals surface area contributed by atoms with Gasteiger partial charge in [0.1, 0.15) is 7.05 Å². The normalized spacial score (nSPS) is 15.4. The Labute approximate surface area is 121 Å². The fraction of sp³-hybridized carbons (Fsp3) is 0.316. The molecule has 0 spiro atoms. The van der Waals surface area contributed by atoms with Crippen molar-refractivity contribution in [2.45, 2.75) is 33.1 Å². The lowest BCUT2D eigenvalue weighted by atomic mass is 9.82. The molecule has 1 aliphatic rings. The summed E-state index contributed by atoms with van der Waals surface area (Å²) in [4.78, 5) is 0. The maximum Gasteiger partial charge on any atom is 0.217 e. The van der Waals surface area contributed by atoms with Crippen molar-refractivity contribution < 1.29 is 4.57 Å². The molecule has 1 aromatic carbocycles. The predicted molar refractivity (Wildman–Crippen MR) is 84.6 cm³/mol. The molecule has 3 rings (SSSR count). The van der Waals surface area contributed by atoms with Crippen LogP contribution in [0.15, 0.2) is 36.5 Å². The minimum absolute atomic E-state index is 0.0940. The van der Waals surface area contributed by atoms with Gasteiger partial charge < -0.3 is 0 Å². The van der Waals surface area contributed by atoms with Crippen LogP contribution in [0, 0.1) is 13.8 Å². The van der Waals surface area contributed by atoms with Crippen LogP contribution in [0.2, 0.25) is 0 Å². The van der Waals surface area contributed by atoms with Gasteiger partial charge in [0.2, 0.25) is 5.69 Å². The van der Waals surface area contributed by atoms with E-state index in [0.717, 1.165) is 0 Å². The van der Waals surface area contributed by atoms with E-state index in [1.165, 1.54) is 33.5 Å². The third kappa shape index (κ3) is 1.81. The Morgan fingerprint density at radius 3 is 2.40 bits per heavy atom. The van der Waals surface area contributed by atoms with Crippen LogP contribution in [-0.4, -0.2) is 0 Å². The van der Waals surface area contributed by atoms with Crippen molar-refractivity contribution in [2.75, 3.05) is 0 Å². The first-order valence-corrected chi connectivity index (χ1v) is 7.21. The van der Waals surface area contributed by atoms with Crippen LogP contribution < -0.4 is 4.57 Å². The third-order valence-electron chi connectivity index (χ3n) is 4.38. The average Bonchev–Trinajstić information content (AvgIpc) is 2.68. The van der Waals surface area contributed by atoms with Gasteiger partial charge >= 0.3 is 0 Å². The molecular formula is C19H22N+. The standard InChI is InChI=1S/C19H22N/c1-13-8-6-7-9-16(13)18-17-15(10-11-19(17,3)4)14(2)12-20(18)5/h6-12H,1-5H3/q+1. The zero-order valence-corrected chi connectivity index (χ0v) is 13.0. The molecule has 20 heavy (non-hydrogen) atoms. The van der Waals surface area contributed by atoms with Crippen LogP contribution in [0.25, 0.3) is 17.3 Å². The zero-order valence-electron chi connectivity index (χ0n) is 13.0. The number of aromatic nitrogens is 1. The highest BCUT2D eigenvalue weighted by atomic mass is 14.9. The number of benzene rings is 1. The molecule has 0 N–H and O–H groups in total. The fourth-order valence-electron chi connectivity index (χ4n) is 3.33. The van der Waals surface area contributed by atoms with Gasteiger partial charge in [-0.1, -0.05) is 44.2 Å². The molecule has 0 saturated heterocycles. The van der Waals surface area contributed by atoms with Gasteiger partial charge in [0.05, 0.1) is 0 Å². The first-order chi connectivity index (χ1) is 9.42. The molecule has 0 saturated carbocycles. The summed E-state index contributed by atoms with van der Waals surface area (Å²) in [6.07, 6.45) is 6.85. The van der Waals surface area contributed by atoms with E-state index in [9.17, 15) is 0 Å². The first-order valence-electron chi connectivity index (χ1n) is 7.21. The third-order valence-corrected chi connectivity index (χ3v) is 4.38. The number of allylic oxidation sites excluding steroid dienone is 1. The quantitative estimate of drug-likeness (QED) is 0.683. The first kappa shape index (κ1) is 13.1. The number of aryl methyl sites for hydroxylation is 3. The Morgan fingerprint density at radius 2 is 1.70 bits per heavy atom. The summed E-state index contributed by atoms with van der Waals surface area (Å²) >= 11 is 0. The maximum atomic E-state index is 2.33. The smallest absolute Gasteiger partial charge is 0.200 e. The van der Waals surface area contributed by atoms with Crippen molar-refractivity contribution in [3.8, 4) is 11.3 Å². The van der Waals surface area contributed by atoms with Crippen molar-refractivity contribution >= 4 is 6.08 Å². The number of rotatable bonds is 1. The molecule has 0 fully saturated rings. The molecule has 0 atom stereocenters. The molecule has 0 amide bonds. The van der Waals surface area contributed by atoms with E-state index in [1.807, 2.05) is 0 Å². The predicted octanol–water partition coefficient (Wildman–Crippen LogP) is 4.10. The van der Waals surface area contributed by atoms with Crippen LogP contribution in [0.5, 0.6) is 0 Å². The van der Waals surface area contributed by atoms with Gasteiger partial charge in [-0.25, -0.2) is 4.57 Å². The van der Waals surface area contributed by atoms with E-state index in [1.54, 1.807) is 0 Å². The highest BCUT2D eigenvalue weighted by molar-refractivity contribution is 5.76. The zero-order chi connectivity index (χ0) is 14.5. The van der Waals surface area contributed by atoms with Crippen molar-refractivity contribution in [3.63, 3.8) is 0 Å². The van der Waals surface area contributed by atoms with Crippen molar-refractivity contribution in [3.05, 3.63) is 58.8 Å². The lowest BCUT2D eigenvalue weighted by Crippen LogP contribution is -2.35. The Bertz CT molecular complexity index is 721. The van der Waals surface area contributed by atoms with Crippen LogP contribution in [0.3, 0.4) is 0 Å². The van der Waals surface area contributed by atoms with Crippen LogP contribution in [-0.2, 0) is 12.5 Å². The Kier molecular flexibility index (Phi) is 2.82. The lowest BCUT2D eigenvalue weighted by Gasteiger charge is -2.21. The summed E-state index contributed by atoms with van der Waals surface area (Å²) in [6, 6.07) is 8.66. The number of fused-ring (bicyclic) bond motifs is 1. The van der Waals surface area contributed by atoms with Crippen molar-refractivity contribution in [1.29, 1.82) is 0 Å². The topological polar surface area (TPSA) is 3.88 Å². The summed E-state index contributed by atoms with van der Waals surface area (Å²) in [7, 11) is 2.16. The molecule has 0 aliphatic heterocycles. The molecular weight excluding hydrogens is 242 g/mol.